The second-order valence-corrected chi connectivity index (χ2v) is 5.59. The molecular formula is C17H14F2N2O4. The van der Waals surface area contributed by atoms with Crippen molar-refractivity contribution in [2.75, 3.05) is 19.7 Å². The first-order valence-corrected chi connectivity index (χ1v) is 7.56. The van der Waals surface area contributed by atoms with E-state index in [0.29, 0.717) is 5.56 Å². The molecule has 1 amide bonds. The number of benzene rings is 2. The van der Waals surface area contributed by atoms with Gasteiger partial charge in [-0.25, -0.2) is 8.78 Å². The lowest BCUT2D eigenvalue weighted by molar-refractivity contribution is -0.385. The van der Waals surface area contributed by atoms with E-state index in [1.165, 1.54) is 17.0 Å². The number of amides is 1. The Morgan fingerprint density at radius 3 is 2.72 bits per heavy atom. The number of hydrogen-bond donors (Lipinski definition) is 0. The molecule has 0 aromatic heterocycles. The number of hydrogen-bond acceptors (Lipinski definition) is 4. The first-order chi connectivity index (χ1) is 12.0. The van der Waals surface area contributed by atoms with Crippen LogP contribution in [0.2, 0.25) is 0 Å². The van der Waals surface area contributed by atoms with E-state index in [1.54, 1.807) is 12.1 Å². The summed E-state index contributed by atoms with van der Waals surface area (Å²) in [5, 5.41) is 10.7. The Bertz CT molecular complexity index is 828. The summed E-state index contributed by atoms with van der Waals surface area (Å²) in [6.07, 6.45) is -0.519. The zero-order valence-electron chi connectivity index (χ0n) is 13.0. The quantitative estimate of drug-likeness (QED) is 0.631. The monoisotopic (exact) mass is 348 g/mol. The van der Waals surface area contributed by atoms with Gasteiger partial charge in [-0.1, -0.05) is 12.1 Å². The molecule has 2 aromatic carbocycles. The molecule has 0 bridgehead atoms. The summed E-state index contributed by atoms with van der Waals surface area (Å²) >= 11 is 0. The number of nitro benzene ring substituents is 1. The number of non-ortho nitro benzene ring substituents is 1. The maximum absolute atomic E-state index is 14.1. The lowest BCUT2D eigenvalue weighted by Crippen LogP contribution is -2.42. The van der Waals surface area contributed by atoms with Gasteiger partial charge in [0.15, 0.2) is 0 Å². The number of nitrogens with zero attached hydrogens (tertiary/aromatic N) is 2. The molecule has 1 aliphatic heterocycles. The fraction of sp³-hybridized carbons (Fsp3) is 0.235. The maximum Gasteiger partial charge on any atom is 0.272 e. The summed E-state index contributed by atoms with van der Waals surface area (Å²) < 4.78 is 33.0. The van der Waals surface area contributed by atoms with E-state index in [0.717, 1.165) is 18.2 Å². The molecule has 1 aliphatic rings. The van der Waals surface area contributed by atoms with E-state index in [4.69, 9.17) is 4.74 Å². The van der Waals surface area contributed by atoms with Gasteiger partial charge in [0.1, 0.15) is 17.7 Å². The van der Waals surface area contributed by atoms with Gasteiger partial charge >= 0.3 is 0 Å². The van der Waals surface area contributed by atoms with Crippen LogP contribution in [0, 0.1) is 21.7 Å². The molecule has 0 N–H and O–H groups in total. The van der Waals surface area contributed by atoms with Crippen LogP contribution in [0.1, 0.15) is 22.0 Å². The van der Waals surface area contributed by atoms with Crippen molar-refractivity contribution in [3.63, 3.8) is 0 Å². The first-order valence-electron chi connectivity index (χ1n) is 7.56. The Morgan fingerprint density at radius 2 is 2.04 bits per heavy atom. The number of morpholine rings is 1. The number of ether oxygens (including phenoxy) is 1. The van der Waals surface area contributed by atoms with E-state index in [1.807, 2.05) is 0 Å². The third kappa shape index (κ3) is 3.63. The molecular weight excluding hydrogens is 334 g/mol. The van der Waals surface area contributed by atoms with Crippen LogP contribution in [-0.4, -0.2) is 35.4 Å². The molecule has 2 aromatic rings. The predicted octanol–water partition coefficient (Wildman–Crippen LogP) is 3.09. The average molecular weight is 348 g/mol. The largest absolute Gasteiger partial charge is 0.370 e. The average Bonchev–Trinajstić information content (AvgIpc) is 2.61. The minimum Gasteiger partial charge on any atom is -0.370 e. The van der Waals surface area contributed by atoms with Gasteiger partial charge in [-0.3, -0.25) is 14.9 Å². The van der Waals surface area contributed by atoms with Gasteiger partial charge in [-0.05, 0) is 23.8 Å². The Kier molecular flexibility index (Phi) is 4.71. The van der Waals surface area contributed by atoms with Crippen LogP contribution in [0.25, 0.3) is 0 Å². The van der Waals surface area contributed by atoms with Crippen LogP contribution in [0.5, 0.6) is 0 Å². The maximum atomic E-state index is 14.1. The predicted molar refractivity (Wildman–Crippen MR) is 84.1 cm³/mol. The number of carbonyl (C=O) groups is 1. The minimum absolute atomic E-state index is 0.138. The van der Waals surface area contributed by atoms with Gasteiger partial charge in [0.05, 0.1) is 29.7 Å². The van der Waals surface area contributed by atoms with Gasteiger partial charge < -0.3 is 9.64 Å². The number of carbonyl (C=O) groups excluding carboxylic acids is 1. The standard InChI is InChI=1S/C17H14F2N2O4/c18-12-3-1-2-11(8-12)16-10-20(6-7-25-16)17(22)14-5-4-13(21(23)24)9-15(14)19/h1-5,8-9,16H,6-7,10H2/t16-/m1/s1. The molecule has 8 heteroatoms. The molecule has 0 saturated carbocycles. The molecule has 1 heterocycles. The zero-order valence-corrected chi connectivity index (χ0v) is 13.0. The molecule has 1 saturated heterocycles. The number of rotatable bonds is 3. The number of nitro groups is 1. The molecule has 0 spiro atoms. The molecule has 1 atom stereocenters. The molecule has 3 rings (SSSR count). The fourth-order valence-electron chi connectivity index (χ4n) is 2.70. The topological polar surface area (TPSA) is 72.7 Å². The zero-order chi connectivity index (χ0) is 18.0. The van der Waals surface area contributed by atoms with Gasteiger partial charge in [-0.15, -0.1) is 0 Å². The highest BCUT2D eigenvalue weighted by Crippen LogP contribution is 2.25. The molecule has 0 aliphatic carbocycles. The Morgan fingerprint density at radius 1 is 1.24 bits per heavy atom. The molecule has 0 unspecified atom stereocenters. The Labute approximate surface area is 141 Å². The third-order valence-electron chi connectivity index (χ3n) is 3.97. The second kappa shape index (κ2) is 6.94. The van der Waals surface area contributed by atoms with Crippen molar-refractivity contribution < 1.29 is 23.2 Å². The van der Waals surface area contributed by atoms with Crippen molar-refractivity contribution >= 4 is 11.6 Å². The van der Waals surface area contributed by atoms with E-state index in [-0.39, 0.29) is 25.3 Å². The SMILES string of the molecule is O=C(c1ccc([N+](=O)[O-])cc1F)N1CCO[C@@H](c2cccc(F)c2)C1. The molecule has 0 radical (unpaired) electrons. The minimum atomic E-state index is -0.951. The summed E-state index contributed by atoms with van der Waals surface area (Å²) in [6.45, 7) is 0.612. The first kappa shape index (κ1) is 17.0. The van der Waals surface area contributed by atoms with Gasteiger partial charge in [0.2, 0.25) is 0 Å². The van der Waals surface area contributed by atoms with Crippen molar-refractivity contribution in [1.29, 1.82) is 0 Å². The summed E-state index contributed by atoms with van der Waals surface area (Å²) in [7, 11) is 0. The lowest BCUT2D eigenvalue weighted by Gasteiger charge is -2.33. The van der Waals surface area contributed by atoms with Crippen molar-refractivity contribution in [1.82, 2.24) is 4.90 Å². The van der Waals surface area contributed by atoms with Gasteiger partial charge in [0, 0.05) is 12.6 Å². The van der Waals surface area contributed by atoms with Crippen LogP contribution in [0.3, 0.4) is 0 Å². The second-order valence-electron chi connectivity index (χ2n) is 5.59. The van der Waals surface area contributed by atoms with Crippen LogP contribution in [0.4, 0.5) is 14.5 Å². The van der Waals surface area contributed by atoms with Crippen molar-refractivity contribution in [3.8, 4) is 0 Å². The van der Waals surface area contributed by atoms with Crippen LogP contribution >= 0.6 is 0 Å². The smallest absolute Gasteiger partial charge is 0.272 e. The van der Waals surface area contributed by atoms with E-state index in [2.05, 4.69) is 0 Å². The molecule has 25 heavy (non-hydrogen) atoms. The lowest BCUT2D eigenvalue weighted by atomic mass is 10.1. The Balaban J connectivity index is 1.79. The van der Waals surface area contributed by atoms with Gasteiger partial charge in [-0.2, -0.15) is 0 Å². The van der Waals surface area contributed by atoms with E-state index >= 15 is 0 Å². The molecule has 1 fully saturated rings. The van der Waals surface area contributed by atoms with Crippen LogP contribution < -0.4 is 0 Å². The van der Waals surface area contributed by atoms with Crippen molar-refractivity contribution in [2.45, 2.75) is 6.10 Å². The third-order valence-corrected chi connectivity index (χ3v) is 3.97. The molecule has 130 valence electrons. The van der Waals surface area contributed by atoms with Crippen molar-refractivity contribution in [3.05, 3.63) is 75.3 Å². The van der Waals surface area contributed by atoms with Crippen LogP contribution in [0.15, 0.2) is 42.5 Å². The van der Waals surface area contributed by atoms with Crippen LogP contribution in [-0.2, 0) is 4.74 Å². The highest BCUT2D eigenvalue weighted by molar-refractivity contribution is 5.94. The summed E-state index contributed by atoms with van der Waals surface area (Å²) in [5.74, 6) is -1.95. The fourth-order valence-corrected chi connectivity index (χ4v) is 2.70. The Hall–Kier alpha value is -2.87. The molecule has 6 nitrogen and oxygen atoms in total. The highest BCUT2D eigenvalue weighted by atomic mass is 19.1. The van der Waals surface area contributed by atoms with E-state index in [9.17, 15) is 23.7 Å². The summed E-state index contributed by atoms with van der Waals surface area (Å²) in [5.41, 5.74) is -0.0826. The normalized spacial score (nSPS) is 17.4. The van der Waals surface area contributed by atoms with Crippen molar-refractivity contribution in [2.24, 2.45) is 0 Å². The summed E-state index contributed by atoms with van der Waals surface area (Å²) in [4.78, 5) is 23.9. The summed E-state index contributed by atoms with van der Waals surface area (Å²) in [6, 6.07) is 8.77. The highest BCUT2D eigenvalue weighted by Gasteiger charge is 2.28. The number of halogens is 2. The van der Waals surface area contributed by atoms with E-state index < -0.39 is 34.3 Å². The van der Waals surface area contributed by atoms with Gasteiger partial charge in [0.25, 0.3) is 11.6 Å².